The molecule has 1 aliphatic carbocycles. The summed E-state index contributed by atoms with van der Waals surface area (Å²) in [4.78, 5) is 0. The Morgan fingerprint density at radius 2 is 1.62 bits per heavy atom. The van der Waals surface area contributed by atoms with Gasteiger partial charge in [-0.05, 0) is 57.8 Å². The highest BCUT2D eigenvalue weighted by Gasteiger charge is 2.36. The van der Waals surface area contributed by atoms with Crippen LogP contribution in [-0.4, -0.2) is 18.2 Å². The molecule has 2 heteroatoms. The first kappa shape index (κ1) is 14.0. The molecular weight excluding hydrogens is 198 g/mol. The van der Waals surface area contributed by atoms with E-state index in [1.807, 2.05) is 0 Å². The van der Waals surface area contributed by atoms with Crippen molar-refractivity contribution in [2.45, 2.75) is 77.4 Å². The quantitative estimate of drug-likeness (QED) is 0.798. The molecule has 16 heavy (non-hydrogen) atoms. The van der Waals surface area contributed by atoms with Crippen molar-refractivity contribution in [3.63, 3.8) is 0 Å². The summed E-state index contributed by atoms with van der Waals surface area (Å²) in [6.07, 6.45) is 7.00. The first-order valence-electron chi connectivity index (χ1n) is 6.52. The fourth-order valence-electron chi connectivity index (χ4n) is 2.33. The van der Waals surface area contributed by atoms with E-state index in [-0.39, 0.29) is 11.1 Å². The van der Waals surface area contributed by atoms with Crippen LogP contribution in [0.1, 0.15) is 66.2 Å². The molecule has 0 aliphatic heterocycles. The summed E-state index contributed by atoms with van der Waals surface area (Å²) in [6, 6.07) is 0. The molecule has 1 aliphatic rings. The molecule has 0 radical (unpaired) electrons. The lowest BCUT2D eigenvalue weighted by Crippen LogP contribution is -2.46. The van der Waals surface area contributed by atoms with Crippen LogP contribution in [0.15, 0.2) is 0 Å². The molecule has 2 nitrogen and oxygen atoms in total. The Bertz CT molecular complexity index is 223. The van der Waals surface area contributed by atoms with Crippen molar-refractivity contribution >= 4 is 0 Å². The van der Waals surface area contributed by atoms with Gasteiger partial charge >= 0.3 is 0 Å². The van der Waals surface area contributed by atoms with Crippen LogP contribution in [-0.2, 0) is 4.74 Å². The van der Waals surface area contributed by atoms with Crippen molar-refractivity contribution in [1.82, 2.24) is 0 Å². The third-order valence-corrected chi connectivity index (χ3v) is 4.38. The minimum Gasteiger partial charge on any atom is -0.379 e. The smallest absolute Gasteiger partial charge is 0.0623 e. The lowest BCUT2D eigenvalue weighted by atomic mass is 9.68. The molecule has 0 aromatic rings. The fourth-order valence-corrected chi connectivity index (χ4v) is 2.33. The van der Waals surface area contributed by atoms with Gasteiger partial charge in [0.25, 0.3) is 0 Å². The zero-order chi connectivity index (χ0) is 12.4. The van der Waals surface area contributed by atoms with Crippen LogP contribution in [0.3, 0.4) is 0 Å². The van der Waals surface area contributed by atoms with Crippen molar-refractivity contribution in [1.29, 1.82) is 0 Å². The maximum Gasteiger partial charge on any atom is 0.0623 e. The Morgan fingerprint density at radius 3 is 2.06 bits per heavy atom. The SMILES string of the molecule is COC(C)(C)CCC1(N)CCC(C)(C)CC1. The Hall–Kier alpha value is -0.0800. The van der Waals surface area contributed by atoms with Crippen LogP contribution >= 0.6 is 0 Å². The summed E-state index contributed by atoms with van der Waals surface area (Å²) in [5.74, 6) is 0. The van der Waals surface area contributed by atoms with Gasteiger partial charge in [0.1, 0.15) is 0 Å². The summed E-state index contributed by atoms with van der Waals surface area (Å²) in [6.45, 7) is 8.99. The van der Waals surface area contributed by atoms with E-state index in [9.17, 15) is 0 Å². The summed E-state index contributed by atoms with van der Waals surface area (Å²) >= 11 is 0. The first-order chi connectivity index (χ1) is 7.18. The molecule has 0 saturated heterocycles. The van der Waals surface area contributed by atoms with Gasteiger partial charge in [-0.1, -0.05) is 13.8 Å². The van der Waals surface area contributed by atoms with E-state index in [0.29, 0.717) is 5.41 Å². The second-order valence-electron chi connectivity index (χ2n) is 6.99. The van der Waals surface area contributed by atoms with Crippen LogP contribution in [0.2, 0.25) is 0 Å². The predicted molar refractivity (Wildman–Crippen MR) is 69.5 cm³/mol. The van der Waals surface area contributed by atoms with Gasteiger partial charge in [0.2, 0.25) is 0 Å². The molecule has 1 saturated carbocycles. The molecule has 0 amide bonds. The molecule has 96 valence electrons. The lowest BCUT2D eigenvalue weighted by molar-refractivity contribution is 0.00492. The van der Waals surface area contributed by atoms with Crippen molar-refractivity contribution in [2.24, 2.45) is 11.1 Å². The standard InChI is InChI=1S/C14H29NO/c1-12(2)6-9-14(15,10-7-12)11-8-13(3,4)16-5/h6-11,15H2,1-5H3. The minimum atomic E-state index is -0.0284. The van der Waals surface area contributed by atoms with Crippen LogP contribution in [0.5, 0.6) is 0 Å². The summed E-state index contributed by atoms with van der Waals surface area (Å²) in [7, 11) is 1.78. The van der Waals surface area contributed by atoms with E-state index >= 15 is 0 Å². The van der Waals surface area contributed by atoms with Gasteiger partial charge in [-0.15, -0.1) is 0 Å². The maximum atomic E-state index is 6.49. The van der Waals surface area contributed by atoms with E-state index in [1.165, 1.54) is 25.7 Å². The average Bonchev–Trinajstić information content (AvgIpc) is 2.21. The van der Waals surface area contributed by atoms with E-state index in [1.54, 1.807) is 7.11 Å². The van der Waals surface area contributed by atoms with Crippen LogP contribution in [0, 0.1) is 5.41 Å². The van der Waals surface area contributed by atoms with Crippen LogP contribution in [0.25, 0.3) is 0 Å². The van der Waals surface area contributed by atoms with Gasteiger partial charge in [-0.2, -0.15) is 0 Å². The number of hydrogen-bond donors (Lipinski definition) is 1. The van der Waals surface area contributed by atoms with Gasteiger partial charge in [0.15, 0.2) is 0 Å². The zero-order valence-corrected chi connectivity index (χ0v) is 11.7. The molecule has 0 spiro atoms. The normalized spacial score (nSPS) is 24.4. The highest BCUT2D eigenvalue weighted by molar-refractivity contribution is 4.93. The molecule has 0 aromatic carbocycles. The Labute approximate surface area is 101 Å². The Kier molecular flexibility index (Phi) is 4.07. The summed E-state index contributed by atoms with van der Waals surface area (Å²) in [5.41, 5.74) is 7.02. The van der Waals surface area contributed by atoms with E-state index in [0.717, 1.165) is 12.8 Å². The van der Waals surface area contributed by atoms with Gasteiger partial charge in [0, 0.05) is 12.6 Å². The van der Waals surface area contributed by atoms with Crippen LogP contribution in [0.4, 0.5) is 0 Å². The summed E-state index contributed by atoms with van der Waals surface area (Å²) < 4.78 is 5.46. The van der Waals surface area contributed by atoms with E-state index in [2.05, 4.69) is 27.7 Å². The number of nitrogens with two attached hydrogens (primary N) is 1. The number of rotatable bonds is 4. The van der Waals surface area contributed by atoms with E-state index in [4.69, 9.17) is 10.5 Å². The molecule has 1 fully saturated rings. The highest BCUT2D eigenvalue weighted by atomic mass is 16.5. The number of hydrogen-bond acceptors (Lipinski definition) is 2. The molecule has 0 bridgehead atoms. The van der Waals surface area contributed by atoms with Gasteiger partial charge in [-0.25, -0.2) is 0 Å². The van der Waals surface area contributed by atoms with E-state index < -0.39 is 0 Å². The molecule has 0 heterocycles. The fraction of sp³-hybridized carbons (Fsp3) is 1.00. The largest absolute Gasteiger partial charge is 0.379 e. The van der Waals surface area contributed by atoms with Crippen LogP contribution < -0.4 is 5.73 Å². The average molecular weight is 227 g/mol. The second kappa shape index (κ2) is 4.66. The zero-order valence-electron chi connectivity index (χ0n) is 11.7. The molecule has 0 atom stereocenters. The number of ether oxygens (including phenoxy) is 1. The monoisotopic (exact) mass is 227 g/mol. The van der Waals surface area contributed by atoms with Gasteiger partial charge in [-0.3, -0.25) is 0 Å². The molecule has 0 unspecified atom stereocenters. The molecule has 1 rings (SSSR count). The molecular formula is C14H29NO. The Balaban J connectivity index is 2.43. The predicted octanol–water partition coefficient (Wildman–Crippen LogP) is 3.49. The summed E-state index contributed by atoms with van der Waals surface area (Å²) in [5, 5.41) is 0. The number of methoxy groups -OCH3 is 1. The van der Waals surface area contributed by atoms with Crippen molar-refractivity contribution in [2.75, 3.05) is 7.11 Å². The Morgan fingerprint density at radius 1 is 1.12 bits per heavy atom. The molecule has 2 N–H and O–H groups in total. The third kappa shape index (κ3) is 4.06. The third-order valence-electron chi connectivity index (χ3n) is 4.38. The van der Waals surface area contributed by atoms with Gasteiger partial charge < -0.3 is 10.5 Å². The topological polar surface area (TPSA) is 35.2 Å². The lowest BCUT2D eigenvalue weighted by Gasteiger charge is -2.42. The second-order valence-corrected chi connectivity index (χ2v) is 6.99. The van der Waals surface area contributed by atoms with Crippen molar-refractivity contribution in [3.05, 3.63) is 0 Å². The van der Waals surface area contributed by atoms with Crippen molar-refractivity contribution < 1.29 is 4.74 Å². The molecule has 0 aromatic heterocycles. The maximum absolute atomic E-state index is 6.49. The highest BCUT2D eigenvalue weighted by Crippen LogP contribution is 2.41. The first-order valence-corrected chi connectivity index (χ1v) is 6.52. The van der Waals surface area contributed by atoms with Gasteiger partial charge in [0.05, 0.1) is 5.60 Å². The minimum absolute atomic E-state index is 0.0284. The van der Waals surface area contributed by atoms with Crippen molar-refractivity contribution in [3.8, 4) is 0 Å².